The lowest BCUT2D eigenvalue weighted by Gasteiger charge is -2.34. The summed E-state index contributed by atoms with van der Waals surface area (Å²) in [6.45, 7) is 5.95. The second kappa shape index (κ2) is 7.47. The molecular formula is C21H24FN5. The lowest BCUT2D eigenvalue weighted by molar-refractivity contribution is 0.523. The highest BCUT2D eigenvalue weighted by Gasteiger charge is 2.21. The molecule has 1 N–H and O–H groups in total. The quantitative estimate of drug-likeness (QED) is 0.754. The third-order valence-electron chi connectivity index (χ3n) is 5.15. The molecule has 27 heavy (non-hydrogen) atoms. The molecule has 0 unspecified atom stereocenters. The molecule has 1 aromatic carbocycles. The van der Waals surface area contributed by atoms with Gasteiger partial charge in [0.1, 0.15) is 18.0 Å². The molecule has 1 aliphatic heterocycles. The Morgan fingerprint density at radius 1 is 1.15 bits per heavy atom. The van der Waals surface area contributed by atoms with Crippen molar-refractivity contribution in [3.63, 3.8) is 0 Å². The Labute approximate surface area is 158 Å². The van der Waals surface area contributed by atoms with Crippen molar-refractivity contribution in [1.82, 2.24) is 15.0 Å². The van der Waals surface area contributed by atoms with Crippen LogP contribution in [0.5, 0.6) is 0 Å². The number of fused-ring (bicyclic) bond motifs is 1. The first-order valence-electron chi connectivity index (χ1n) is 9.51. The van der Waals surface area contributed by atoms with E-state index < -0.39 is 0 Å². The highest BCUT2D eigenvalue weighted by molar-refractivity contribution is 5.91. The van der Waals surface area contributed by atoms with E-state index in [1.54, 1.807) is 18.5 Å². The summed E-state index contributed by atoms with van der Waals surface area (Å²) in [4.78, 5) is 15.5. The number of hydrogen-bond donors (Lipinski definition) is 1. The van der Waals surface area contributed by atoms with Crippen LogP contribution >= 0.6 is 0 Å². The summed E-state index contributed by atoms with van der Waals surface area (Å²) in [5, 5.41) is 4.46. The maximum Gasteiger partial charge on any atom is 0.132 e. The minimum absolute atomic E-state index is 0.235. The number of benzene rings is 1. The summed E-state index contributed by atoms with van der Waals surface area (Å²) in [6.07, 6.45) is 4.57. The molecule has 2 aromatic heterocycles. The molecule has 3 heterocycles. The summed E-state index contributed by atoms with van der Waals surface area (Å²) in [5.41, 5.74) is 3.79. The topological polar surface area (TPSA) is 53.9 Å². The molecule has 3 aromatic rings. The molecule has 5 nitrogen and oxygen atoms in total. The molecule has 0 atom stereocenters. The number of rotatable bonds is 4. The van der Waals surface area contributed by atoms with Gasteiger partial charge in [-0.1, -0.05) is 6.92 Å². The standard InChI is InChI=1S/C21H24FN5/c1-3-16-12-21(24-13-23-16)27-8-6-17(7-9-27)26-20-10-14(2)25-19-5-4-15(22)11-18(19)20/h4-5,10-13,17H,3,6-9H2,1-2H3,(H,25,26). The van der Waals surface area contributed by atoms with Crippen LogP contribution in [0.1, 0.15) is 31.2 Å². The minimum atomic E-state index is -0.235. The van der Waals surface area contributed by atoms with Crippen molar-refractivity contribution in [3.05, 3.63) is 53.9 Å². The van der Waals surface area contributed by atoms with Crippen molar-refractivity contribution < 1.29 is 4.39 Å². The van der Waals surface area contributed by atoms with Crippen LogP contribution in [0.25, 0.3) is 10.9 Å². The van der Waals surface area contributed by atoms with E-state index in [-0.39, 0.29) is 5.82 Å². The zero-order valence-corrected chi connectivity index (χ0v) is 15.7. The Morgan fingerprint density at radius 2 is 1.96 bits per heavy atom. The summed E-state index contributed by atoms with van der Waals surface area (Å²) < 4.78 is 13.7. The molecule has 1 saturated heterocycles. The zero-order chi connectivity index (χ0) is 18.8. The number of nitrogens with one attached hydrogen (secondary N) is 1. The van der Waals surface area contributed by atoms with E-state index in [2.05, 4.69) is 38.2 Å². The van der Waals surface area contributed by atoms with Crippen molar-refractivity contribution >= 4 is 22.4 Å². The monoisotopic (exact) mass is 365 g/mol. The van der Waals surface area contributed by atoms with Crippen molar-refractivity contribution in [2.75, 3.05) is 23.3 Å². The Balaban J connectivity index is 1.48. The van der Waals surface area contributed by atoms with E-state index >= 15 is 0 Å². The van der Waals surface area contributed by atoms with Crippen LogP contribution in [0.4, 0.5) is 15.9 Å². The molecule has 0 spiro atoms. The van der Waals surface area contributed by atoms with Crippen LogP contribution in [-0.2, 0) is 6.42 Å². The van der Waals surface area contributed by atoms with Crippen LogP contribution in [0.2, 0.25) is 0 Å². The Morgan fingerprint density at radius 3 is 2.74 bits per heavy atom. The average Bonchev–Trinajstić information content (AvgIpc) is 2.69. The van der Waals surface area contributed by atoms with Gasteiger partial charge in [-0.15, -0.1) is 0 Å². The van der Waals surface area contributed by atoms with E-state index in [0.717, 1.165) is 66.1 Å². The number of anilines is 2. The highest BCUT2D eigenvalue weighted by atomic mass is 19.1. The SMILES string of the molecule is CCc1cc(N2CCC(Nc3cc(C)nc4ccc(F)cc34)CC2)ncn1. The number of nitrogens with zero attached hydrogens (tertiary/aromatic N) is 4. The maximum atomic E-state index is 13.7. The molecule has 0 bridgehead atoms. The number of hydrogen-bond acceptors (Lipinski definition) is 5. The normalized spacial score (nSPS) is 15.3. The Bertz CT molecular complexity index is 950. The van der Waals surface area contributed by atoms with Gasteiger partial charge in [0.25, 0.3) is 0 Å². The van der Waals surface area contributed by atoms with Gasteiger partial charge in [0.15, 0.2) is 0 Å². The van der Waals surface area contributed by atoms with Gasteiger partial charge in [0, 0.05) is 47.7 Å². The van der Waals surface area contributed by atoms with Gasteiger partial charge in [-0.05, 0) is 50.5 Å². The fourth-order valence-electron chi connectivity index (χ4n) is 3.67. The molecule has 1 fully saturated rings. The number of pyridine rings is 1. The first kappa shape index (κ1) is 17.6. The largest absolute Gasteiger partial charge is 0.382 e. The summed E-state index contributed by atoms with van der Waals surface area (Å²) in [5.74, 6) is 0.772. The summed E-state index contributed by atoms with van der Waals surface area (Å²) in [7, 11) is 0. The van der Waals surface area contributed by atoms with Crippen molar-refractivity contribution in [2.45, 2.75) is 39.2 Å². The van der Waals surface area contributed by atoms with Crippen LogP contribution < -0.4 is 10.2 Å². The fraction of sp³-hybridized carbons (Fsp3) is 0.381. The van der Waals surface area contributed by atoms with Gasteiger partial charge in [-0.3, -0.25) is 4.98 Å². The number of aromatic nitrogens is 3. The summed E-state index contributed by atoms with van der Waals surface area (Å²) >= 11 is 0. The third-order valence-corrected chi connectivity index (χ3v) is 5.15. The second-order valence-corrected chi connectivity index (χ2v) is 7.10. The van der Waals surface area contributed by atoms with Gasteiger partial charge < -0.3 is 10.2 Å². The van der Waals surface area contributed by atoms with E-state index in [1.807, 2.05) is 13.0 Å². The van der Waals surface area contributed by atoms with Gasteiger partial charge in [0.2, 0.25) is 0 Å². The van der Waals surface area contributed by atoms with Crippen LogP contribution in [0, 0.1) is 12.7 Å². The fourth-order valence-corrected chi connectivity index (χ4v) is 3.67. The molecule has 140 valence electrons. The molecule has 4 rings (SSSR count). The van der Waals surface area contributed by atoms with Gasteiger partial charge >= 0.3 is 0 Å². The first-order valence-corrected chi connectivity index (χ1v) is 9.51. The lowest BCUT2D eigenvalue weighted by Crippen LogP contribution is -2.39. The van der Waals surface area contributed by atoms with Crippen molar-refractivity contribution in [1.29, 1.82) is 0 Å². The van der Waals surface area contributed by atoms with Crippen LogP contribution in [0.3, 0.4) is 0 Å². The molecule has 0 amide bonds. The zero-order valence-electron chi connectivity index (χ0n) is 15.7. The van der Waals surface area contributed by atoms with E-state index in [0.29, 0.717) is 6.04 Å². The van der Waals surface area contributed by atoms with Crippen molar-refractivity contribution in [3.8, 4) is 0 Å². The molecule has 0 aliphatic carbocycles. The third kappa shape index (κ3) is 3.84. The molecule has 0 saturated carbocycles. The van der Waals surface area contributed by atoms with Crippen molar-refractivity contribution in [2.24, 2.45) is 0 Å². The highest BCUT2D eigenvalue weighted by Crippen LogP contribution is 2.27. The van der Waals surface area contributed by atoms with Gasteiger partial charge in [-0.2, -0.15) is 0 Å². The Kier molecular flexibility index (Phi) is 4.88. The van der Waals surface area contributed by atoms with Gasteiger partial charge in [0.05, 0.1) is 5.52 Å². The first-order chi connectivity index (χ1) is 13.1. The number of halogens is 1. The average molecular weight is 365 g/mol. The number of aryl methyl sites for hydroxylation is 2. The van der Waals surface area contributed by atoms with Crippen LogP contribution in [-0.4, -0.2) is 34.1 Å². The molecular weight excluding hydrogens is 341 g/mol. The second-order valence-electron chi connectivity index (χ2n) is 7.10. The van der Waals surface area contributed by atoms with E-state index in [1.165, 1.54) is 6.07 Å². The number of piperidine rings is 1. The smallest absolute Gasteiger partial charge is 0.132 e. The molecule has 0 radical (unpaired) electrons. The maximum absolute atomic E-state index is 13.7. The lowest BCUT2D eigenvalue weighted by atomic mass is 10.0. The summed E-state index contributed by atoms with van der Waals surface area (Å²) in [6, 6.07) is 9.20. The minimum Gasteiger partial charge on any atom is -0.382 e. The predicted molar refractivity (Wildman–Crippen MR) is 107 cm³/mol. The van der Waals surface area contributed by atoms with Gasteiger partial charge in [-0.25, -0.2) is 14.4 Å². The molecule has 6 heteroatoms. The predicted octanol–water partition coefficient (Wildman–Crippen LogP) is 4.12. The Hall–Kier alpha value is -2.76. The van der Waals surface area contributed by atoms with E-state index in [9.17, 15) is 4.39 Å². The van der Waals surface area contributed by atoms with E-state index in [4.69, 9.17) is 0 Å². The van der Waals surface area contributed by atoms with Crippen LogP contribution in [0.15, 0.2) is 36.7 Å². The molecule has 1 aliphatic rings.